The van der Waals surface area contributed by atoms with Crippen LogP contribution in [-0.4, -0.2) is 31.7 Å². The van der Waals surface area contributed by atoms with E-state index >= 15 is 0 Å². The van der Waals surface area contributed by atoms with Crippen LogP contribution in [0.15, 0.2) is 0 Å². The highest BCUT2D eigenvalue weighted by Crippen LogP contribution is 2.39. The Morgan fingerprint density at radius 2 is 1.80 bits per heavy atom. The van der Waals surface area contributed by atoms with Crippen molar-refractivity contribution in [3.8, 4) is 0 Å². The van der Waals surface area contributed by atoms with Crippen LogP contribution in [0.1, 0.15) is 108 Å². The summed E-state index contributed by atoms with van der Waals surface area (Å²) in [5.41, 5.74) is 4.47. The molecule has 4 fully saturated rings. The zero-order valence-electron chi connectivity index (χ0n) is 21.1. The Hall–Kier alpha value is -2.42. The fourth-order valence-corrected chi connectivity index (χ4v) is 6.43. The molecular formula is C26H39N7O2. The van der Waals surface area contributed by atoms with E-state index in [-0.39, 0.29) is 0 Å². The number of hydroxylamine groups is 1. The van der Waals surface area contributed by atoms with E-state index in [4.69, 9.17) is 19.8 Å². The van der Waals surface area contributed by atoms with Crippen molar-refractivity contribution in [2.24, 2.45) is 17.8 Å². The van der Waals surface area contributed by atoms with Crippen molar-refractivity contribution in [2.45, 2.75) is 109 Å². The van der Waals surface area contributed by atoms with Crippen LogP contribution in [0.5, 0.6) is 0 Å². The van der Waals surface area contributed by atoms with Gasteiger partial charge in [0, 0.05) is 18.5 Å². The van der Waals surface area contributed by atoms with Crippen molar-refractivity contribution in [2.75, 3.05) is 5.32 Å². The molecule has 6 rings (SSSR count). The highest BCUT2D eigenvalue weighted by Gasteiger charge is 2.33. The van der Waals surface area contributed by atoms with E-state index in [2.05, 4.69) is 34.5 Å². The van der Waals surface area contributed by atoms with Gasteiger partial charge in [-0.05, 0) is 63.2 Å². The van der Waals surface area contributed by atoms with E-state index in [1.807, 2.05) is 0 Å². The summed E-state index contributed by atoms with van der Waals surface area (Å²) in [6.45, 7) is 5.63. The molecule has 0 bridgehead atoms. The molecule has 2 atom stereocenters. The summed E-state index contributed by atoms with van der Waals surface area (Å²) >= 11 is 0. The summed E-state index contributed by atoms with van der Waals surface area (Å²) in [6.07, 6.45) is 12.8. The maximum Gasteiger partial charge on any atom is 0.427 e. The van der Waals surface area contributed by atoms with E-state index in [9.17, 15) is 4.79 Å². The van der Waals surface area contributed by atoms with Gasteiger partial charge in [-0.3, -0.25) is 5.32 Å². The van der Waals surface area contributed by atoms with E-state index in [1.165, 1.54) is 76.5 Å². The van der Waals surface area contributed by atoms with Crippen LogP contribution in [0.3, 0.4) is 0 Å². The smallest absolute Gasteiger partial charge is 0.365 e. The zero-order chi connectivity index (χ0) is 23.9. The summed E-state index contributed by atoms with van der Waals surface area (Å²) < 4.78 is 2.47. The van der Waals surface area contributed by atoms with Crippen molar-refractivity contribution in [1.29, 1.82) is 0 Å². The van der Waals surface area contributed by atoms with Crippen LogP contribution in [0, 0.1) is 17.8 Å². The lowest BCUT2D eigenvalue weighted by atomic mass is 9.80. The monoisotopic (exact) mass is 481 g/mol. The quantitative estimate of drug-likeness (QED) is 0.502. The van der Waals surface area contributed by atoms with Gasteiger partial charge >= 0.3 is 6.09 Å². The second-order valence-electron chi connectivity index (χ2n) is 11.5. The third-order valence-electron chi connectivity index (χ3n) is 8.96. The number of rotatable bonds is 7. The van der Waals surface area contributed by atoms with Crippen molar-refractivity contribution in [3.63, 3.8) is 0 Å². The van der Waals surface area contributed by atoms with Gasteiger partial charge in [-0.1, -0.05) is 39.0 Å². The number of anilines is 1. The zero-order valence-corrected chi connectivity index (χ0v) is 21.1. The maximum atomic E-state index is 11.7. The van der Waals surface area contributed by atoms with Crippen molar-refractivity contribution >= 4 is 23.1 Å². The number of carbonyl (C=O) groups excluding carboxylic acids is 1. The Morgan fingerprint density at radius 1 is 1.03 bits per heavy atom. The minimum absolute atomic E-state index is 0.325. The second-order valence-corrected chi connectivity index (χ2v) is 11.5. The van der Waals surface area contributed by atoms with Crippen LogP contribution in [-0.2, 0) is 11.4 Å². The molecule has 9 nitrogen and oxygen atoms in total. The average molecular weight is 482 g/mol. The summed E-state index contributed by atoms with van der Waals surface area (Å²) in [4.78, 5) is 31.6. The van der Waals surface area contributed by atoms with Crippen LogP contribution in [0.25, 0.3) is 11.2 Å². The molecule has 2 aromatic rings. The van der Waals surface area contributed by atoms with E-state index in [0.717, 1.165) is 29.4 Å². The van der Waals surface area contributed by atoms with Crippen molar-refractivity contribution in [1.82, 2.24) is 30.3 Å². The number of carbonyl (C=O) groups is 1. The van der Waals surface area contributed by atoms with Crippen LogP contribution < -0.4 is 16.1 Å². The molecule has 0 aromatic carbocycles. The van der Waals surface area contributed by atoms with Gasteiger partial charge < -0.3 is 14.7 Å². The first-order chi connectivity index (χ1) is 17.0. The van der Waals surface area contributed by atoms with Crippen LogP contribution >= 0.6 is 0 Å². The summed E-state index contributed by atoms with van der Waals surface area (Å²) in [5, 5.41) is 6.50. The molecule has 4 aliphatic rings. The lowest BCUT2D eigenvalue weighted by Crippen LogP contribution is -2.32. The molecule has 1 amide bonds. The molecule has 190 valence electrons. The van der Waals surface area contributed by atoms with E-state index in [1.54, 1.807) is 0 Å². The van der Waals surface area contributed by atoms with Crippen molar-refractivity contribution < 1.29 is 9.63 Å². The Kier molecular flexibility index (Phi) is 6.28. The molecule has 35 heavy (non-hydrogen) atoms. The van der Waals surface area contributed by atoms with Gasteiger partial charge in [0.1, 0.15) is 11.3 Å². The second kappa shape index (κ2) is 9.56. The number of nitrogens with one attached hydrogen (secondary N) is 3. The Morgan fingerprint density at radius 3 is 2.46 bits per heavy atom. The minimum atomic E-state index is -0.577. The number of hydrogen-bond donors (Lipinski definition) is 3. The number of nitrogens with zero attached hydrogens (tertiary/aromatic N) is 4. The molecule has 3 aliphatic carbocycles. The van der Waals surface area contributed by atoms with Gasteiger partial charge in [-0.15, -0.1) is 5.48 Å². The number of hydrogen-bond acceptors (Lipinski definition) is 7. The van der Waals surface area contributed by atoms with Crippen molar-refractivity contribution in [3.05, 3.63) is 11.6 Å². The Bertz CT molecular complexity index is 1070. The lowest BCUT2D eigenvalue weighted by molar-refractivity contribution is 0.120. The first-order valence-electron chi connectivity index (χ1n) is 13.8. The van der Waals surface area contributed by atoms with E-state index in [0.29, 0.717) is 29.6 Å². The van der Waals surface area contributed by atoms with Gasteiger partial charge in [-0.25, -0.2) is 19.7 Å². The van der Waals surface area contributed by atoms with Gasteiger partial charge in [0.05, 0.1) is 0 Å². The first-order valence-corrected chi connectivity index (χ1v) is 13.8. The maximum absolute atomic E-state index is 11.7. The van der Waals surface area contributed by atoms with Gasteiger partial charge in [0.2, 0.25) is 0 Å². The van der Waals surface area contributed by atoms with Gasteiger partial charge in [0.25, 0.3) is 0 Å². The molecule has 3 saturated carbocycles. The molecule has 3 heterocycles. The molecule has 1 aliphatic heterocycles. The number of amides is 1. The molecule has 3 N–H and O–H groups in total. The van der Waals surface area contributed by atoms with Crippen LogP contribution in [0.2, 0.25) is 0 Å². The minimum Gasteiger partial charge on any atom is -0.365 e. The molecular weight excluding hydrogens is 442 g/mol. The Labute approximate surface area is 207 Å². The van der Waals surface area contributed by atoms with Crippen LogP contribution in [0.4, 0.5) is 10.6 Å². The number of imidazole rings is 1. The summed E-state index contributed by atoms with van der Waals surface area (Å²) in [5.74, 6) is 5.17. The molecule has 0 spiro atoms. The SMILES string of the molecule is CC1CCC(Cn2c(C3CCCC3)nc3nc(C4NOC(=O)N4)nc(N[C@H](C)C4CCC4)c32)CC1. The predicted octanol–water partition coefficient (Wildman–Crippen LogP) is 5.15. The summed E-state index contributed by atoms with van der Waals surface area (Å²) in [6, 6.07) is 0.325. The highest BCUT2D eigenvalue weighted by molar-refractivity contribution is 5.84. The first kappa shape index (κ1) is 23.0. The van der Waals surface area contributed by atoms with Gasteiger partial charge in [0.15, 0.2) is 23.5 Å². The largest absolute Gasteiger partial charge is 0.427 e. The van der Waals surface area contributed by atoms with E-state index < -0.39 is 12.3 Å². The molecule has 1 saturated heterocycles. The molecule has 0 radical (unpaired) electrons. The molecule has 2 aromatic heterocycles. The molecule has 1 unspecified atom stereocenters. The average Bonchev–Trinajstić information content (AvgIpc) is 3.54. The fourth-order valence-electron chi connectivity index (χ4n) is 6.43. The standard InChI is InChI=1S/C26H39N7O2/c1-15-10-12-17(13-11-15)14-33-20-21(27-16(2)18-8-5-9-18)28-23(24-31-26(34)35-32-24)29-22(20)30-25(33)19-6-3-4-7-19/h15-19,24,32H,3-14H2,1-2H3,(H,31,34)(H,27,28,29)/t15?,16-,17?,24?/m1/s1. The topological polar surface area (TPSA) is 106 Å². The summed E-state index contributed by atoms with van der Waals surface area (Å²) in [7, 11) is 0. The van der Waals surface area contributed by atoms with Gasteiger partial charge in [-0.2, -0.15) is 0 Å². The number of fused-ring (bicyclic) bond motifs is 1. The number of aromatic nitrogens is 4. The third kappa shape index (κ3) is 4.59. The normalized spacial score (nSPS) is 28.6. The lowest BCUT2D eigenvalue weighted by Gasteiger charge is -2.32. The molecule has 9 heteroatoms. The Balaban J connectivity index is 1.42. The highest BCUT2D eigenvalue weighted by atomic mass is 16.7. The fraction of sp³-hybridized carbons (Fsp3) is 0.769. The third-order valence-corrected chi connectivity index (χ3v) is 8.96. The predicted molar refractivity (Wildman–Crippen MR) is 134 cm³/mol.